The number of aldehydes is 1. The summed E-state index contributed by atoms with van der Waals surface area (Å²) in [5.74, 6) is 0.751. The number of carbonyl (C=O) groups excluding carboxylic acids is 2. The summed E-state index contributed by atoms with van der Waals surface area (Å²) in [4.78, 5) is 21.9. The van der Waals surface area contributed by atoms with E-state index in [1.165, 1.54) is 39.5 Å². The minimum absolute atomic E-state index is 0.116. The topological polar surface area (TPSA) is 71.1 Å². The number of rotatable bonds is 7. The fraction of sp³-hybridized carbons (Fsp3) is 0.286. The van der Waals surface area contributed by atoms with Crippen LogP contribution in [-0.4, -0.2) is 40.2 Å². The normalized spacial score (nSPS) is 10.2. The number of esters is 1. The summed E-state index contributed by atoms with van der Waals surface area (Å²) in [5.41, 5.74) is 0.328. The van der Waals surface area contributed by atoms with Crippen molar-refractivity contribution >= 4 is 12.3 Å². The maximum atomic E-state index is 11.0. The fourth-order valence-corrected chi connectivity index (χ4v) is 1.44. The first-order valence-corrected chi connectivity index (χ1v) is 5.74. The highest BCUT2D eigenvalue weighted by Crippen LogP contribution is 2.33. The molecule has 0 unspecified atom stereocenters. The molecule has 0 heterocycles. The van der Waals surface area contributed by atoms with Crippen LogP contribution in [0.15, 0.2) is 24.3 Å². The van der Waals surface area contributed by atoms with Crippen molar-refractivity contribution < 1.29 is 28.5 Å². The third-order valence-electron chi connectivity index (χ3n) is 2.43. The van der Waals surface area contributed by atoms with Crippen LogP contribution >= 0.6 is 0 Å². The van der Waals surface area contributed by atoms with Crippen LogP contribution in [0.1, 0.15) is 10.4 Å². The summed E-state index contributed by atoms with van der Waals surface area (Å²) in [6, 6.07) is 3.07. The molecule has 0 aliphatic heterocycles. The van der Waals surface area contributed by atoms with Gasteiger partial charge in [-0.15, -0.1) is 0 Å². The van der Waals surface area contributed by atoms with Crippen molar-refractivity contribution in [3.05, 3.63) is 29.8 Å². The summed E-state index contributed by atoms with van der Waals surface area (Å²) < 4.78 is 20.1. The van der Waals surface area contributed by atoms with Gasteiger partial charge in [0.25, 0.3) is 0 Å². The quantitative estimate of drug-likeness (QED) is 0.429. The largest absolute Gasteiger partial charge is 0.493 e. The lowest BCUT2D eigenvalue weighted by atomic mass is 10.2. The van der Waals surface area contributed by atoms with Crippen LogP contribution < -0.4 is 14.2 Å². The molecule has 1 aromatic rings. The van der Waals surface area contributed by atoms with Crippen LogP contribution in [0.2, 0.25) is 0 Å². The van der Waals surface area contributed by atoms with Gasteiger partial charge in [0.15, 0.2) is 17.8 Å². The Balaban J connectivity index is 2.85. The van der Waals surface area contributed by atoms with E-state index in [0.29, 0.717) is 29.1 Å². The molecule has 1 aromatic carbocycles. The van der Waals surface area contributed by atoms with Gasteiger partial charge in [0.05, 0.1) is 26.9 Å². The maximum absolute atomic E-state index is 11.0. The number of hydrogen-bond acceptors (Lipinski definition) is 6. The smallest absolute Gasteiger partial charge is 0.330 e. The number of methoxy groups -OCH3 is 3. The SMILES string of the molecule is COC(=O)/C=C/COc1cc(OC)c(OC)cc1C=O. The van der Waals surface area contributed by atoms with Crippen LogP contribution in [-0.2, 0) is 9.53 Å². The van der Waals surface area contributed by atoms with E-state index in [1.54, 1.807) is 6.07 Å². The van der Waals surface area contributed by atoms with Crippen LogP contribution in [0, 0.1) is 0 Å². The fourth-order valence-electron chi connectivity index (χ4n) is 1.44. The van der Waals surface area contributed by atoms with E-state index in [4.69, 9.17) is 14.2 Å². The van der Waals surface area contributed by atoms with Crippen LogP contribution in [0.3, 0.4) is 0 Å². The lowest BCUT2D eigenvalue weighted by Gasteiger charge is -2.12. The third-order valence-corrected chi connectivity index (χ3v) is 2.43. The molecule has 6 nitrogen and oxygen atoms in total. The zero-order chi connectivity index (χ0) is 15.0. The Bertz CT molecular complexity index is 507. The first-order chi connectivity index (χ1) is 9.65. The zero-order valence-electron chi connectivity index (χ0n) is 11.5. The van der Waals surface area contributed by atoms with E-state index in [1.807, 2.05) is 0 Å². The first-order valence-electron chi connectivity index (χ1n) is 5.74. The molecule has 6 heteroatoms. The highest BCUT2D eigenvalue weighted by Gasteiger charge is 2.11. The van der Waals surface area contributed by atoms with Gasteiger partial charge in [0.2, 0.25) is 0 Å². The average molecular weight is 280 g/mol. The second-order valence-corrected chi connectivity index (χ2v) is 3.60. The monoisotopic (exact) mass is 280 g/mol. The number of hydrogen-bond donors (Lipinski definition) is 0. The molecule has 0 saturated carbocycles. The summed E-state index contributed by atoms with van der Waals surface area (Å²) in [6.07, 6.45) is 3.37. The molecule has 0 radical (unpaired) electrons. The number of ether oxygens (including phenoxy) is 4. The molecule has 20 heavy (non-hydrogen) atoms. The Morgan fingerprint density at radius 2 is 1.75 bits per heavy atom. The number of benzene rings is 1. The van der Waals surface area contributed by atoms with Crippen LogP contribution in [0.25, 0.3) is 0 Å². The molecule has 0 bridgehead atoms. The predicted molar refractivity (Wildman–Crippen MR) is 71.6 cm³/mol. The maximum Gasteiger partial charge on any atom is 0.330 e. The second-order valence-electron chi connectivity index (χ2n) is 3.60. The molecule has 0 atom stereocenters. The van der Waals surface area contributed by atoms with E-state index in [0.717, 1.165) is 0 Å². The molecule has 0 aliphatic carbocycles. The van der Waals surface area contributed by atoms with Gasteiger partial charge in [0, 0.05) is 12.1 Å². The van der Waals surface area contributed by atoms with E-state index < -0.39 is 5.97 Å². The van der Waals surface area contributed by atoms with Gasteiger partial charge in [-0.3, -0.25) is 4.79 Å². The van der Waals surface area contributed by atoms with Gasteiger partial charge in [0.1, 0.15) is 12.4 Å². The van der Waals surface area contributed by atoms with E-state index in [9.17, 15) is 9.59 Å². The predicted octanol–water partition coefficient (Wildman–Crippen LogP) is 1.62. The van der Waals surface area contributed by atoms with Crippen molar-refractivity contribution in [2.24, 2.45) is 0 Å². The van der Waals surface area contributed by atoms with Crippen molar-refractivity contribution in [1.82, 2.24) is 0 Å². The van der Waals surface area contributed by atoms with Crippen LogP contribution in [0.5, 0.6) is 17.2 Å². The molecule has 108 valence electrons. The van der Waals surface area contributed by atoms with Gasteiger partial charge < -0.3 is 18.9 Å². The lowest BCUT2D eigenvalue weighted by Crippen LogP contribution is -2.01. The Labute approximate surface area is 116 Å². The standard InChI is InChI=1S/C14H16O6/c1-17-12-7-10(9-15)11(8-13(12)18-2)20-6-4-5-14(16)19-3/h4-5,7-9H,6H2,1-3H3/b5-4+. The molecule has 0 amide bonds. The Morgan fingerprint density at radius 1 is 1.10 bits per heavy atom. The first kappa shape index (κ1) is 15.6. The lowest BCUT2D eigenvalue weighted by molar-refractivity contribution is -0.134. The molecular formula is C14H16O6. The molecule has 1 rings (SSSR count). The van der Waals surface area contributed by atoms with Crippen molar-refractivity contribution in [3.8, 4) is 17.2 Å². The molecule has 0 aliphatic rings. The molecule has 0 fully saturated rings. The minimum atomic E-state index is -0.475. The molecule has 0 spiro atoms. The van der Waals surface area contributed by atoms with Gasteiger partial charge in [-0.2, -0.15) is 0 Å². The molecule has 0 saturated heterocycles. The Morgan fingerprint density at radius 3 is 2.30 bits per heavy atom. The van der Waals surface area contributed by atoms with Crippen molar-refractivity contribution in [2.75, 3.05) is 27.9 Å². The molecule has 0 N–H and O–H groups in total. The highest BCUT2D eigenvalue weighted by molar-refractivity contribution is 5.82. The average Bonchev–Trinajstić information content (AvgIpc) is 2.50. The molecular weight excluding hydrogens is 264 g/mol. The van der Waals surface area contributed by atoms with E-state index in [-0.39, 0.29) is 6.61 Å². The van der Waals surface area contributed by atoms with Gasteiger partial charge in [-0.05, 0) is 12.1 Å². The molecule has 0 aromatic heterocycles. The van der Waals surface area contributed by atoms with Gasteiger partial charge in [-0.1, -0.05) is 0 Å². The summed E-state index contributed by atoms with van der Waals surface area (Å²) in [7, 11) is 4.25. The Kier molecular flexibility index (Phi) is 6.09. The number of carbonyl (C=O) groups is 2. The Hall–Kier alpha value is -2.50. The summed E-state index contributed by atoms with van der Waals surface area (Å²) >= 11 is 0. The highest BCUT2D eigenvalue weighted by atomic mass is 16.5. The van der Waals surface area contributed by atoms with Crippen molar-refractivity contribution in [2.45, 2.75) is 0 Å². The summed E-state index contributed by atoms with van der Waals surface area (Å²) in [5, 5.41) is 0. The van der Waals surface area contributed by atoms with Crippen LogP contribution in [0.4, 0.5) is 0 Å². The second kappa shape index (κ2) is 7.83. The van der Waals surface area contributed by atoms with Gasteiger partial charge >= 0.3 is 5.97 Å². The van der Waals surface area contributed by atoms with Crippen molar-refractivity contribution in [1.29, 1.82) is 0 Å². The van der Waals surface area contributed by atoms with Gasteiger partial charge in [-0.25, -0.2) is 4.79 Å². The van der Waals surface area contributed by atoms with E-state index in [2.05, 4.69) is 4.74 Å². The zero-order valence-corrected chi connectivity index (χ0v) is 11.5. The minimum Gasteiger partial charge on any atom is -0.493 e. The van der Waals surface area contributed by atoms with E-state index >= 15 is 0 Å². The summed E-state index contributed by atoms with van der Waals surface area (Å²) in [6.45, 7) is 0.116. The van der Waals surface area contributed by atoms with Crippen molar-refractivity contribution in [3.63, 3.8) is 0 Å². The third kappa shape index (κ3) is 4.01.